The molecule has 3 N–H and O–H groups in total. The number of allylic oxidation sites excluding steroid dienone is 2. The van der Waals surface area contributed by atoms with Gasteiger partial charge in [-0.2, -0.15) is 5.10 Å². The van der Waals surface area contributed by atoms with Crippen LogP contribution in [0.15, 0.2) is 16.8 Å². The number of nitrogens with zero attached hydrogens (tertiary/aromatic N) is 1. The summed E-state index contributed by atoms with van der Waals surface area (Å²) >= 11 is 0. The number of rotatable bonds is 4. The van der Waals surface area contributed by atoms with Gasteiger partial charge in [-0.15, -0.1) is 0 Å². The smallest absolute Gasteiger partial charge is 0.427 e. The fourth-order valence-corrected chi connectivity index (χ4v) is 7.36. The maximum absolute atomic E-state index is 13.6. The summed E-state index contributed by atoms with van der Waals surface area (Å²) in [5.74, 6) is -0.418. The lowest BCUT2D eigenvalue weighted by atomic mass is 9.46. The maximum Gasteiger partial charge on any atom is 0.427 e. The monoisotopic (exact) mass is 446 g/mol. The molecule has 32 heavy (non-hydrogen) atoms. The number of hydrogen-bond donors (Lipinski definition) is 3. The maximum atomic E-state index is 13.6. The second-order valence-electron chi connectivity index (χ2n) is 10.3. The molecule has 0 aromatic heterocycles. The van der Waals surface area contributed by atoms with E-state index in [4.69, 9.17) is 4.74 Å². The van der Waals surface area contributed by atoms with Gasteiger partial charge in [0.25, 0.3) is 0 Å². The zero-order valence-electron chi connectivity index (χ0n) is 19.1. The van der Waals surface area contributed by atoms with Crippen molar-refractivity contribution in [2.24, 2.45) is 33.7 Å². The van der Waals surface area contributed by atoms with Gasteiger partial charge in [0.05, 0.1) is 12.3 Å². The second-order valence-corrected chi connectivity index (χ2v) is 10.3. The molecule has 0 spiro atoms. The number of ether oxygens (including phenoxy) is 1. The lowest BCUT2D eigenvalue weighted by molar-refractivity contribution is -0.170. The molecule has 8 heteroatoms. The number of Topliss-reactive ketones (excluding diaryl/α,β-unsaturated/α-hetero) is 2. The van der Waals surface area contributed by atoms with Crippen LogP contribution in [0.2, 0.25) is 0 Å². The van der Waals surface area contributed by atoms with Crippen LogP contribution in [0, 0.1) is 28.6 Å². The van der Waals surface area contributed by atoms with E-state index in [0.717, 1.165) is 25.0 Å². The van der Waals surface area contributed by atoms with Gasteiger partial charge in [0.1, 0.15) is 18.0 Å². The highest BCUT2D eigenvalue weighted by Crippen LogP contribution is 2.66. The summed E-state index contributed by atoms with van der Waals surface area (Å²) in [6.45, 7) is 5.34. The molecule has 4 aliphatic rings. The van der Waals surface area contributed by atoms with E-state index >= 15 is 0 Å². The highest BCUT2D eigenvalue weighted by molar-refractivity contribution is 5.98. The molecule has 0 aromatic carbocycles. The quantitative estimate of drug-likeness (QED) is 0.570. The standard InChI is InChI=1S/C24H34N2O6/c1-4-32-21(30)26-25-15-7-9-22(2)14(11-15)5-6-16-17-8-10-24(31,19(29)13-27)23(17,3)12-18(28)20(16)22/h11,16-17,20,27,31H,4-10,12-13H2,1-3H3,(H,26,30)/t16-,17-,20+,22-,23-,24-/m0/s1. The number of aliphatic hydroxyl groups is 2. The first-order valence-corrected chi connectivity index (χ1v) is 11.7. The van der Waals surface area contributed by atoms with Crippen LogP contribution in [0.5, 0.6) is 0 Å². The van der Waals surface area contributed by atoms with E-state index in [0.29, 0.717) is 19.3 Å². The van der Waals surface area contributed by atoms with Gasteiger partial charge in [-0.1, -0.05) is 19.4 Å². The summed E-state index contributed by atoms with van der Waals surface area (Å²) in [6, 6.07) is 0. The zero-order chi connectivity index (χ0) is 23.3. The van der Waals surface area contributed by atoms with E-state index in [2.05, 4.69) is 17.5 Å². The van der Waals surface area contributed by atoms with Crippen molar-refractivity contribution in [3.63, 3.8) is 0 Å². The molecule has 0 unspecified atom stereocenters. The zero-order valence-corrected chi connectivity index (χ0v) is 19.1. The van der Waals surface area contributed by atoms with Crippen molar-refractivity contribution < 1.29 is 29.3 Å². The van der Waals surface area contributed by atoms with Crippen LogP contribution in [0.3, 0.4) is 0 Å². The molecule has 0 radical (unpaired) electrons. The van der Waals surface area contributed by atoms with Gasteiger partial charge < -0.3 is 14.9 Å². The number of amides is 1. The van der Waals surface area contributed by atoms with E-state index in [9.17, 15) is 24.6 Å². The molecule has 0 saturated heterocycles. The molecule has 6 atom stereocenters. The van der Waals surface area contributed by atoms with Crippen LogP contribution in [-0.2, 0) is 14.3 Å². The molecular weight excluding hydrogens is 412 g/mol. The summed E-state index contributed by atoms with van der Waals surface area (Å²) < 4.78 is 4.85. The lowest BCUT2D eigenvalue weighted by Crippen LogP contribution is -2.60. The fourth-order valence-electron chi connectivity index (χ4n) is 7.36. The summed E-state index contributed by atoms with van der Waals surface area (Å²) in [6.07, 6.45) is 5.66. The predicted octanol–water partition coefficient (Wildman–Crippen LogP) is 2.52. The molecule has 3 fully saturated rings. The van der Waals surface area contributed by atoms with Crippen molar-refractivity contribution in [1.29, 1.82) is 0 Å². The Hall–Kier alpha value is -2.06. The van der Waals surface area contributed by atoms with Gasteiger partial charge in [0.2, 0.25) is 0 Å². The van der Waals surface area contributed by atoms with Gasteiger partial charge in [0.15, 0.2) is 5.78 Å². The van der Waals surface area contributed by atoms with Crippen molar-refractivity contribution in [2.45, 2.75) is 71.3 Å². The number of ketones is 2. The number of nitrogens with one attached hydrogen (secondary N) is 1. The van der Waals surface area contributed by atoms with Crippen LogP contribution < -0.4 is 5.43 Å². The molecule has 0 heterocycles. The largest absolute Gasteiger partial charge is 0.449 e. The first-order chi connectivity index (χ1) is 15.1. The van der Waals surface area contributed by atoms with Gasteiger partial charge in [-0.25, -0.2) is 10.2 Å². The van der Waals surface area contributed by atoms with E-state index in [1.165, 1.54) is 5.57 Å². The molecule has 8 nitrogen and oxygen atoms in total. The highest BCUT2D eigenvalue weighted by Gasteiger charge is 2.68. The van der Waals surface area contributed by atoms with Crippen molar-refractivity contribution in [3.8, 4) is 0 Å². The first kappa shape index (κ1) is 23.1. The predicted molar refractivity (Wildman–Crippen MR) is 117 cm³/mol. The molecule has 176 valence electrons. The Morgan fingerprint density at radius 1 is 1.25 bits per heavy atom. The Labute approximate surface area is 188 Å². The van der Waals surface area contributed by atoms with Crippen molar-refractivity contribution in [2.75, 3.05) is 13.2 Å². The Morgan fingerprint density at radius 2 is 2.00 bits per heavy atom. The molecule has 4 rings (SSSR count). The minimum atomic E-state index is -1.63. The summed E-state index contributed by atoms with van der Waals surface area (Å²) in [5.41, 5.74) is 1.65. The van der Waals surface area contributed by atoms with Crippen molar-refractivity contribution >= 4 is 23.4 Å². The fraction of sp³-hybridized carbons (Fsp3) is 0.750. The van der Waals surface area contributed by atoms with Crippen molar-refractivity contribution in [3.05, 3.63) is 11.6 Å². The van der Waals surface area contributed by atoms with E-state index in [1.807, 2.05) is 13.0 Å². The third-order valence-electron chi connectivity index (χ3n) is 8.99. The second kappa shape index (κ2) is 8.06. The topological polar surface area (TPSA) is 125 Å². The Morgan fingerprint density at radius 3 is 2.69 bits per heavy atom. The van der Waals surface area contributed by atoms with Crippen LogP contribution in [0.25, 0.3) is 0 Å². The number of aliphatic hydroxyl groups excluding tert-OH is 1. The third-order valence-corrected chi connectivity index (χ3v) is 8.99. The van der Waals surface area contributed by atoms with Gasteiger partial charge in [0, 0.05) is 17.8 Å². The Kier molecular flexibility index (Phi) is 5.82. The molecule has 0 aliphatic heterocycles. The molecular formula is C24H34N2O6. The van der Waals surface area contributed by atoms with E-state index < -0.39 is 29.5 Å². The number of fused-ring (bicyclic) bond motifs is 5. The summed E-state index contributed by atoms with van der Waals surface area (Å²) in [7, 11) is 0. The van der Waals surface area contributed by atoms with Crippen LogP contribution in [0.4, 0.5) is 4.79 Å². The minimum absolute atomic E-state index is 0.0737. The van der Waals surface area contributed by atoms with E-state index in [1.54, 1.807) is 6.92 Å². The molecule has 4 aliphatic carbocycles. The average Bonchev–Trinajstić information content (AvgIpc) is 3.02. The van der Waals surface area contributed by atoms with Crippen LogP contribution >= 0.6 is 0 Å². The SMILES string of the molecule is CCOC(=O)NN=C1C=C2CC[C@@H]3[C@H](C(=O)C[C@@]4(C)[C@H]3CC[C@]4(O)C(=O)CO)[C@@]2(C)CC1. The number of hydrazone groups is 1. The molecule has 0 bridgehead atoms. The average molecular weight is 447 g/mol. The lowest BCUT2D eigenvalue weighted by Gasteiger charge is -2.57. The summed E-state index contributed by atoms with van der Waals surface area (Å²) in [5, 5.41) is 24.9. The normalized spacial score (nSPS) is 41.9. The van der Waals surface area contributed by atoms with Crippen molar-refractivity contribution in [1.82, 2.24) is 5.43 Å². The van der Waals surface area contributed by atoms with Gasteiger partial charge in [-0.05, 0) is 68.8 Å². The van der Waals surface area contributed by atoms with E-state index in [-0.39, 0.29) is 42.0 Å². The molecule has 3 saturated carbocycles. The number of carbonyl (C=O) groups is 3. The van der Waals surface area contributed by atoms with Gasteiger partial charge >= 0.3 is 6.09 Å². The summed E-state index contributed by atoms with van der Waals surface area (Å²) in [4.78, 5) is 37.6. The van der Waals surface area contributed by atoms with Crippen LogP contribution in [-0.4, -0.2) is 52.4 Å². The number of hydrogen-bond acceptors (Lipinski definition) is 7. The Bertz CT molecular complexity index is 897. The highest BCUT2D eigenvalue weighted by atomic mass is 16.5. The van der Waals surface area contributed by atoms with Gasteiger partial charge in [-0.3, -0.25) is 9.59 Å². The first-order valence-electron chi connectivity index (χ1n) is 11.7. The van der Waals surface area contributed by atoms with Crippen LogP contribution in [0.1, 0.15) is 65.7 Å². The minimum Gasteiger partial charge on any atom is -0.449 e. The Balaban J connectivity index is 1.61. The molecule has 1 amide bonds. The third kappa shape index (κ3) is 3.25. The molecule has 0 aromatic rings. The number of carbonyl (C=O) groups excluding carboxylic acids is 3.